The summed E-state index contributed by atoms with van der Waals surface area (Å²) in [5.41, 5.74) is 0. The molecule has 1 aromatic heterocycles. The topological polar surface area (TPSA) is 45.2 Å². The van der Waals surface area contributed by atoms with Gasteiger partial charge in [0.15, 0.2) is 5.01 Å². The highest BCUT2D eigenvalue weighted by Gasteiger charge is 2.17. The van der Waals surface area contributed by atoms with E-state index in [1.54, 1.807) is 6.20 Å². The first-order chi connectivity index (χ1) is 8.25. The minimum Gasteiger partial charge on any atom is -0.316 e. The first kappa shape index (κ1) is 12.7. The number of aromatic nitrogens is 1. The monoisotopic (exact) mass is 253 g/mol. The van der Waals surface area contributed by atoms with Crippen molar-refractivity contribution in [1.82, 2.24) is 15.2 Å². The molecular weight excluding hydrogens is 234 g/mol. The molecule has 1 saturated heterocycles. The molecule has 1 fully saturated rings. The van der Waals surface area contributed by atoms with Crippen molar-refractivity contribution < 1.29 is 4.79 Å². The van der Waals surface area contributed by atoms with Crippen molar-refractivity contribution in [3.63, 3.8) is 0 Å². The third-order valence-corrected chi connectivity index (χ3v) is 3.87. The number of carbonyl (C=O) groups excluding carboxylic acids is 1. The summed E-state index contributed by atoms with van der Waals surface area (Å²) in [6, 6.07) is 0. The number of thiazole rings is 1. The molecule has 1 N–H and O–H groups in total. The number of hydrogen-bond acceptors (Lipinski definition) is 5. The van der Waals surface area contributed by atoms with E-state index < -0.39 is 0 Å². The number of Topliss-reactive ketones (excluding diaryl/α,β-unsaturated/α-hetero) is 1. The Morgan fingerprint density at radius 2 is 2.59 bits per heavy atom. The molecule has 2 rings (SSSR count). The molecule has 1 atom stereocenters. The number of piperidine rings is 1. The molecule has 94 valence electrons. The summed E-state index contributed by atoms with van der Waals surface area (Å²) in [5.74, 6) is 0.809. The molecule has 17 heavy (non-hydrogen) atoms. The van der Waals surface area contributed by atoms with Crippen molar-refractivity contribution >= 4 is 17.1 Å². The Morgan fingerprint density at radius 1 is 1.71 bits per heavy atom. The normalized spacial score (nSPS) is 20.7. The van der Waals surface area contributed by atoms with Crippen molar-refractivity contribution in [3.8, 4) is 0 Å². The van der Waals surface area contributed by atoms with Crippen molar-refractivity contribution in [2.45, 2.75) is 12.8 Å². The summed E-state index contributed by atoms with van der Waals surface area (Å²) < 4.78 is 0. The van der Waals surface area contributed by atoms with E-state index in [4.69, 9.17) is 0 Å². The van der Waals surface area contributed by atoms with E-state index >= 15 is 0 Å². The summed E-state index contributed by atoms with van der Waals surface area (Å²) in [4.78, 5) is 18.0. The number of hydrogen-bond donors (Lipinski definition) is 1. The van der Waals surface area contributed by atoms with Crippen LogP contribution < -0.4 is 5.32 Å². The van der Waals surface area contributed by atoms with Gasteiger partial charge in [0.25, 0.3) is 0 Å². The molecule has 1 aliphatic rings. The quantitative estimate of drug-likeness (QED) is 0.802. The van der Waals surface area contributed by atoms with Gasteiger partial charge in [-0.2, -0.15) is 0 Å². The van der Waals surface area contributed by atoms with Crippen LogP contribution in [0.15, 0.2) is 11.6 Å². The van der Waals surface area contributed by atoms with Crippen LogP contribution >= 0.6 is 11.3 Å². The molecule has 0 aromatic carbocycles. The molecule has 0 radical (unpaired) electrons. The minimum absolute atomic E-state index is 0.131. The van der Waals surface area contributed by atoms with Crippen LogP contribution in [0.5, 0.6) is 0 Å². The van der Waals surface area contributed by atoms with Crippen molar-refractivity contribution in [2.24, 2.45) is 5.92 Å². The molecule has 1 aliphatic heterocycles. The van der Waals surface area contributed by atoms with Crippen LogP contribution in [0.2, 0.25) is 0 Å². The number of carbonyl (C=O) groups is 1. The van der Waals surface area contributed by atoms with Gasteiger partial charge in [-0.3, -0.25) is 9.69 Å². The zero-order valence-electron chi connectivity index (χ0n) is 10.2. The third kappa shape index (κ3) is 3.87. The molecule has 0 aliphatic carbocycles. The van der Waals surface area contributed by atoms with Gasteiger partial charge in [0.1, 0.15) is 0 Å². The van der Waals surface area contributed by atoms with Crippen LogP contribution in [-0.4, -0.2) is 48.9 Å². The lowest BCUT2D eigenvalue weighted by Gasteiger charge is -2.27. The standard InChI is InChI=1S/C12H19N3OS/c1-15(8-10-3-2-4-13-7-10)9-11(16)12-14-5-6-17-12/h5-6,10,13H,2-4,7-9H2,1H3. The minimum atomic E-state index is 0.131. The van der Waals surface area contributed by atoms with Gasteiger partial charge >= 0.3 is 0 Å². The maximum atomic E-state index is 11.8. The fraction of sp³-hybridized carbons (Fsp3) is 0.667. The lowest BCUT2D eigenvalue weighted by molar-refractivity contribution is 0.0933. The predicted octanol–water partition coefficient (Wildman–Crippen LogP) is 1.26. The Balaban J connectivity index is 1.76. The van der Waals surface area contributed by atoms with E-state index in [0.29, 0.717) is 17.5 Å². The van der Waals surface area contributed by atoms with Gasteiger partial charge in [-0.05, 0) is 38.9 Å². The van der Waals surface area contributed by atoms with Crippen LogP contribution in [-0.2, 0) is 0 Å². The molecule has 1 aromatic rings. The molecular formula is C12H19N3OS. The second kappa shape index (κ2) is 6.23. The Labute approximate surface area is 106 Å². The summed E-state index contributed by atoms with van der Waals surface area (Å²) in [5, 5.41) is 5.87. The molecule has 4 nitrogen and oxygen atoms in total. The Bertz CT molecular complexity index is 347. The first-order valence-electron chi connectivity index (χ1n) is 6.07. The molecule has 2 heterocycles. The molecule has 0 amide bonds. The highest BCUT2D eigenvalue weighted by Crippen LogP contribution is 2.12. The Morgan fingerprint density at radius 3 is 3.24 bits per heavy atom. The highest BCUT2D eigenvalue weighted by molar-refractivity contribution is 7.11. The smallest absolute Gasteiger partial charge is 0.205 e. The van der Waals surface area contributed by atoms with Gasteiger partial charge in [0, 0.05) is 18.1 Å². The summed E-state index contributed by atoms with van der Waals surface area (Å²) in [6.45, 7) is 3.68. The fourth-order valence-corrected chi connectivity index (χ4v) is 2.83. The zero-order chi connectivity index (χ0) is 12.1. The third-order valence-electron chi connectivity index (χ3n) is 3.05. The number of nitrogens with one attached hydrogen (secondary N) is 1. The number of rotatable bonds is 5. The van der Waals surface area contributed by atoms with Gasteiger partial charge < -0.3 is 5.32 Å². The Hall–Kier alpha value is -0.780. The molecule has 1 unspecified atom stereocenters. The van der Waals surface area contributed by atoms with E-state index in [1.165, 1.54) is 24.2 Å². The summed E-state index contributed by atoms with van der Waals surface area (Å²) in [7, 11) is 2.01. The average molecular weight is 253 g/mol. The van der Waals surface area contributed by atoms with E-state index in [9.17, 15) is 4.79 Å². The van der Waals surface area contributed by atoms with Crippen molar-refractivity contribution in [1.29, 1.82) is 0 Å². The van der Waals surface area contributed by atoms with E-state index in [-0.39, 0.29) is 5.78 Å². The molecule has 0 saturated carbocycles. The van der Waals surface area contributed by atoms with Crippen LogP contribution in [0, 0.1) is 5.92 Å². The fourth-order valence-electron chi connectivity index (χ4n) is 2.26. The summed E-state index contributed by atoms with van der Waals surface area (Å²) in [6.07, 6.45) is 4.20. The lowest BCUT2D eigenvalue weighted by atomic mass is 9.99. The maximum absolute atomic E-state index is 11.8. The zero-order valence-corrected chi connectivity index (χ0v) is 11.0. The average Bonchev–Trinajstić information content (AvgIpc) is 2.83. The number of nitrogens with zero attached hydrogens (tertiary/aromatic N) is 2. The van der Waals surface area contributed by atoms with E-state index in [2.05, 4.69) is 15.2 Å². The van der Waals surface area contributed by atoms with Crippen molar-refractivity contribution in [2.75, 3.05) is 33.2 Å². The van der Waals surface area contributed by atoms with Gasteiger partial charge in [0.05, 0.1) is 6.54 Å². The molecule has 0 spiro atoms. The Kier molecular flexibility index (Phi) is 4.65. The van der Waals surface area contributed by atoms with Gasteiger partial charge in [-0.1, -0.05) is 0 Å². The van der Waals surface area contributed by atoms with Gasteiger partial charge in [0.2, 0.25) is 5.78 Å². The van der Waals surface area contributed by atoms with E-state index in [0.717, 1.165) is 19.6 Å². The number of likely N-dealkylation sites (N-methyl/N-ethyl adjacent to an activating group) is 1. The maximum Gasteiger partial charge on any atom is 0.205 e. The van der Waals surface area contributed by atoms with Gasteiger partial charge in [-0.25, -0.2) is 4.98 Å². The highest BCUT2D eigenvalue weighted by atomic mass is 32.1. The van der Waals surface area contributed by atoms with E-state index in [1.807, 2.05) is 12.4 Å². The summed E-state index contributed by atoms with van der Waals surface area (Å²) >= 11 is 1.42. The first-order valence-corrected chi connectivity index (χ1v) is 6.95. The molecule has 0 bridgehead atoms. The predicted molar refractivity (Wildman–Crippen MR) is 69.5 cm³/mol. The largest absolute Gasteiger partial charge is 0.316 e. The van der Waals surface area contributed by atoms with Crippen LogP contribution in [0.4, 0.5) is 0 Å². The SMILES string of the molecule is CN(CC(=O)c1nccs1)CC1CCCNC1. The lowest BCUT2D eigenvalue weighted by Crippen LogP contribution is -2.38. The van der Waals surface area contributed by atoms with Crippen LogP contribution in [0.1, 0.15) is 22.6 Å². The van der Waals surface area contributed by atoms with Crippen LogP contribution in [0.25, 0.3) is 0 Å². The second-order valence-electron chi connectivity index (χ2n) is 4.67. The van der Waals surface area contributed by atoms with Gasteiger partial charge in [-0.15, -0.1) is 11.3 Å². The molecule has 5 heteroatoms. The van der Waals surface area contributed by atoms with Crippen LogP contribution in [0.3, 0.4) is 0 Å². The van der Waals surface area contributed by atoms with Crippen molar-refractivity contribution in [3.05, 3.63) is 16.6 Å². The second-order valence-corrected chi connectivity index (χ2v) is 5.56. The number of ketones is 1.